The molecule has 1 aliphatic heterocycles. The van der Waals surface area contributed by atoms with Crippen LogP contribution in [0.3, 0.4) is 0 Å². The second-order valence-corrected chi connectivity index (χ2v) is 7.70. The van der Waals surface area contributed by atoms with Crippen molar-refractivity contribution in [3.05, 3.63) is 57.7 Å². The molecule has 1 saturated heterocycles. The first-order chi connectivity index (χ1) is 12.7. The fourth-order valence-corrected chi connectivity index (χ4v) is 3.69. The number of morpholine rings is 1. The molecule has 2 aromatic carbocycles. The molecule has 2 aromatic rings. The molecular weight excluding hydrogens is 441 g/mol. The molecule has 0 aliphatic carbocycles. The Morgan fingerprint density at radius 2 is 2.00 bits per heavy atom. The molecule has 4 nitrogen and oxygen atoms in total. The van der Waals surface area contributed by atoms with Crippen molar-refractivity contribution in [3.8, 4) is 11.5 Å². The molecule has 0 N–H and O–H groups in total. The maximum Gasteiger partial charge on any atom is 0.174 e. The molecule has 3 rings (SSSR count). The van der Waals surface area contributed by atoms with Crippen molar-refractivity contribution in [3.63, 3.8) is 0 Å². The minimum absolute atomic E-state index is 0.0203. The Labute approximate surface area is 169 Å². The first-order valence-corrected chi connectivity index (χ1v) is 10.2. The van der Waals surface area contributed by atoms with Gasteiger partial charge in [-0.05, 0) is 53.8 Å². The molecule has 2 atom stereocenters. The van der Waals surface area contributed by atoms with E-state index in [0.29, 0.717) is 6.61 Å². The molecule has 1 fully saturated rings. The Morgan fingerprint density at radius 3 is 2.73 bits per heavy atom. The maximum atomic E-state index is 6.52. The minimum Gasteiger partial charge on any atom is -0.489 e. The van der Waals surface area contributed by atoms with E-state index in [9.17, 15) is 0 Å². The van der Waals surface area contributed by atoms with E-state index in [-0.39, 0.29) is 12.2 Å². The summed E-state index contributed by atoms with van der Waals surface area (Å²) in [4.78, 5) is 2.29. The molecule has 1 unspecified atom stereocenters. The van der Waals surface area contributed by atoms with E-state index >= 15 is 0 Å². The van der Waals surface area contributed by atoms with E-state index in [1.807, 2.05) is 36.4 Å². The van der Waals surface area contributed by atoms with E-state index < -0.39 is 0 Å². The van der Waals surface area contributed by atoms with Crippen LogP contribution in [-0.4, -0.2) is 44.4 Å². The lowest BCUT2D eigenvalue weighted by molar-refractivity contribution is -0.0764. The van der Waals surface area contributed by atoms with Crippen molar-refractivity contribution in [1.29, 1.82) is 0 Å². The fraction of sp³-hybridized carbons (Fsp3) is 0.429. The highest BCUT2D eigenvalue weighted by atomic mass is 127. The van der Waals surface area contributed by atoms with Gasteiger partial charge < -0.3 is 19.1 Å². The van der Waals surface area contributed by atoms with Crippen molar-refractivity contribution in [2.75, 3.05) is 33.4 Å². The average molecular weight is 467 g/mol. The van der Waals surface area contributed by atoms with Crippen molar-refractivity contribution >= 4 is 22.6 Å². The van der Waals surface area contributed by atoms with Gasteiger partial charge in [-0.25, -0.2) is 0 Å². The molecule has 0 bridgehead atoms. The van der Waals surface area contributed by atoms with Gasteiger partial charge in [0.05, 0.1) is 16.8 Å². The van der Waals surface area contributed by atoms with Crippen LogP contribution in [0.1, 0.15) is 25.0 Å². The Morgan fingerprint density at radius 1 is 1.19 bits per heavy atom. The highest BCUT2D eigenvalue weighted by molar-refractivity contribution is 14.1. The fourth-order valence-electron chi connectivity index (χ4n) is 3.06. The molecule has 0 saturated carbocycles. The van der Waals surface area contributed by atoms with E-state index in [4.69, 9.17) is 14.2 Å². The van der Waals surface area contributed by atoms with Gasteiger partial charge in [-0.2, -0.15) is 0 Å². The van der Waals surface area contributed by atoms with Crippen LogP contribution in [0.15, 0.2) is 48.5 Å². The van der Waals surface area contributed by atoms with Gasteiger partial charge in [0.1, 0.15) is 6.10 Å². The Kier molecular flexibility index (Phi) is 7.16. The Hall–Kier alpha value is -1.31. The van der Waals surface area contributed by atoms with Gasteiger partial charge in [0.15, 0.2) is 17.6 Å². The molecule has 0 radical (unpaired) electrons. The largest absolute Gasteiger partial charge is 0.489 e. The first kappa shape index (κ1) is 19.5. The number of rotatable bonds is 7. The third-order valence-corrected chi connectivity index (χ3v) is 5.25. The predicted octanol–water partition coefficient (Wildman–Crippen LogP) is 4.53. The van der Waals surface area contributed by atoms with Crippen LogP contribution in [0.4, 0.5) is 0 Å². The summed E-state index contributed by atoms with van der Waals surface area (Å²) in [5, 5.41) is 0. The van der Waals surface area contributed by atoms with E-state index in [0.717, 1.165) is 46.7 Å². The van der Waals surface area contributed by atoms with Crippen LogP contribution < -0.4 is 9.47 Å². The number of halogens is 1. The van der Waals surface area contributed by atoms with Crippen LogP contribution in [0, 0.1) is 3.57 Å². The Balaban J connectivity index is 1.90. The maximum absolute atomic E-state index is 6.52. The summed E-state index contributed by atoms with van der Waals surface area (Å²) in [6.45, 7) is 5.30. The highest BCUT2D eigenvalue weighted by Crippen LogP contribution is 2.37. The van der Waals surface area contributed by atoms with Crippen molar-refractivity contribution < 1.29 is 14.2 Å². The van der Waals surface area contributed by atoms with Gasteiger partial charge in [-0.3, -0.25) is 0 Å². The number of hydrogen-bond acceptors (Lipinski definition) is 4. The molecule has 5 heteroatoms. The molecule has 0 spiro atoms. The average Bonchev–Trinajstić information content (AvgIpc) is 2.66. The molecule has 1 aliphatic rings. The van der Waals surface area contributed by atoms with Crippen LogP contribution >= 0.6 is 22.6 Å². The number of nitrogens with zero attached hydrogens (tertiary/aromatic N) is 1. The molecular formula is C21H26INO3. The van der Waals surface area contributed by atoms with E-state index in [2.05, 4.69) is 53.6 Å². The van der Waals surface area contributed by atoms with Gasteiger partial charge in [0.2, 0.25) is 0 Å². The zero-order valence-corrected chi connectivity index (χ0v) is 17.5. The lowest BCUT2D eigenvalue weighted by Crippen LogP contribution is -2.44. The number of hydrogen-bond donors (Lipinski definition) is 0. The second kappa shape index (κ2) is 9.58. The SMILES string of the molecule is CCCOc1c(I)cccc1O[C@@H](c1ccccc1)C1CN(C)CCO1. The normalized spacial score (nSPS) is 19.1. The highest BCUT2D eigenvalue weighted by Gasteiger charge is 2.30. The molecule has 1 heterocycles. The van der Waals surface area contributed by atoms with Crippen LogP contribution in [0.25, 0.3) is 0 Å². The lowest BCUT2D eigenvalue weighted by atomic mass is 10.0. The van der Waals surface area contributed by atoms with Crippen LogP contribution in [-0.2, 0) is 4.74 Å². The monoisotopic (exact) mass is 467 g/mol. The zero-order chi connectivity index (χ0) is 18.4. The van der Waals surface area contributed by atoms with Gasteiger partial charge >= 0.3 is 0 Å². The summed E-state index contributed by atoms with van der Waals surface area (Å²) < 4.78 is 19.6. The second-order valence-electron chi connectivity index (χ2n) is 6.54. The van der Waals surface area contributed by atoms with Gasteiger partial charge in [0, 0.05) is 13.1 Å². The Bertz CT molecular complexity index is 695. The van der Waals surface area contributed by atoms with Crippen LogP contribution in [0.2, 0.25) is 0 Å². The minimum atomic E-state index is -0.180. The van der Waals surface area contributed by atoms with Gasteiger partial charge in [-0.15, -0.1) is 0 Å². The van der Waals surface area contributed by atoms with Gasteiger partial charge in [-0.1, -0.05) is 43.3 Å². The number of para-hydroxylation sites is 1. The van der Waals surface area contributed by atoms with Crippen LogP contribution in [0.5, 0.6) is 11.5 Å². The number of benzene rings is 2. The van der Waals surface area contributed by atoms with Crippen molar-refractivity contribution in [1.82, 2.24) is 4.90 Å². The summed E-state index contributed by atoms with van der Waals surface area (Å²) in [5.74, 6) is 1.59. The third-order valence-electron chi connectivity index (χ3n) is 4.40. The summed E-state index contributed by atoms with van der Waals surface area (Å²) in [7, 11) is 2.12. The smallest absolute Gasteiger partial charge is 0.174 e. The predicted molar refractivity (Wildman–Crippen MR) is 112 cm³/mol. The zero-order valence-electron chi connectivity index (χ0n) is 15.4. The standard InChI is InChI=1S/C21H26INO3/c1-3-13-25-21-17(22)10-7-11-18(21)26-20(16-8-5-4-6-9-16)19-15-23(2)12-14-24-19/h4-11,19-20H,3,12-15H2,1-2H3/t19?,20-/m0/s1. The lowest BCUT2D eigenvalue weighted by Gasteiger charge is -2.35. The molecule has 0 aromatic heterocycles. The molecule has 26 heavy (non-hydrogen) atoms. The van der Waals surface area contributed by atoms with E-state index in [1.54, 1.807) is 0 Å². The number of likely N-dealkylation sites (N-methyl/N-ethyl adjacent to an activating group) is 1. The van der Waals surface area contributed by atoms with Gasteiger partial charge in [0.25, 0.3) is 0 Å². The summed E-state index contributed by atoms with van der Waals surface area (Å²) in [6, 6.07) is 16.3. The first-order valence-electron chi connectivity index (χ1n) is 9.12. The van der Waals surface area contributed by atoms with Crippen molar-refractivity contribution in [2.24, 2.45) is 0 Å². The topological polar surface area (TPSA) is 30.9 Å². The summed E-state index contributed by atoms with van der Waals surface area (Å²) in [5.41, 5.74) is 1.12. The quantitative estimate of drug-likeness (QED) is 0.560. The summed E-state index contributed by atoms with van der Waals surface area (Å²) >= 11 is 2.30. The summed E-state index contributed by atoms with van der Waals surface area (Å²) in [6.07, 6.45) is 0.762. The number of ether oxygens (including phenoxy) is 3. The third kappa shape index (κ3) is 4.90. The van der Waals surface area contributed by atoms with E-state index in [1.165, 1.54) is 0 Å². The molecule has 140 valence electrons. The van der Waals surface area contributed by atoms with Crippen molar-refractivity contribution in [2.45, 2.75) is 25.6 Å². The molecule has 0 amide bonds.